The summed E-state index contributed by atoms with van der Waals surface area (Å²) in [6.45, 7) is 3.33. The van der Waals surface area contributed by atoms with Gasteiger partial charge in [-0.25, -0.2) is 0 Å². The number of unbranched alkanes of at least 4 members (excludes halogenated alkanes) is 1. The molecule has 1 aromatic heterocycles. The number of nitrogens with zero attached hydrogens (tertiary/aromatic N) is 2. The molecule has 0 fully saturated rings. The van der Waals surface area contributed by atoms with Crippen LogP contribution in [0.3, 0.4) is 0 Å². The van der Waals surface area contributed by atoms with E-state index in [9.17, 15) is 0 Å². The van der Waals surface area contributed by atoms with Crippen molar-refractivity contribution >= 4 is 15.9 Å². The van der Waals surface area contributed by atoms with E-state index in [1.165, 1.54) is 52.2 Å². The van der Waals surface area contributed by atoms with E-state index in [1.54, 1.807) is 0 Å². The molecule has 32 heavy (non-hydrogen) atoms. The molecule has 0 unspecified atom stereocenters. The fraction of sp³-hybridized carbons (Fsp3) is 0.241. The van der Waals surface area contributed by atoms with Gasteiger partial charge in [0, 0.05) is 10.2 Å². The van der Waals surface area contributed by atoms with Crippen LogP contribution in [0.25, 0.3) is 28.2 Å². The molecule has 0 saturated carbocycles. The molecule has 4 rings (SSSR count). The van der Waals surface area contributed by atoms with Crippen molar-refractivity contribution in [2.75, 3.05) is 20.6 Å². The highest BCUT2D eigenvalue weighted by Crippen LogP contribution is 2.34. The molecule has 0 atom stereocenters. The zero-order valence-electron chi connectivity index (χ0n) is 19.2. The highest BCUT2D eigenvalue weighted by Gasteiger charge is 2.15. The van der Waals surface area contributed by atoms with Gasteiger partial charge >= 0.3 is 0 Å². The van der Waals surface area contributed by atoms with Crippen LogP contribution in [-0.4, -0.2) is 30.1 Å². The van der Waals surface area contributed by atoms with Gasteiger partial charge in [0.1, 0.15) is 0 Å². The molecule has 0 radical (unpaired) electrons. The van der Waals surface area contributed by atoms with Crippen LogP contribution in [0.4, 0.5) is 0 Å². The Morgan fingerprint density at radius 3 is 2.19 bits per heavy atom. The first-order chi connectivity index (χ1) is 15.5. The number of aromatic nitrogens is 1. The van der Waals surface area contributed by atoms with Gasteiger partial charge in [0.05, 0.1) is 11.4 Å². The topological polar surface area (TPSA) is 8.17 Å². The van der Waals surface area contributed by atoms with E-state index in [0.717, 1.165) is 17.4 Å². The Morgan fingerprint density at radius 2 is 1.47 bits per heavy atom. The van der Waals surface area contributed by atoms with Gasteiger partial charge in [-0.3, -0.25) is 0 Å². The fourth-order valence-electron chi connectivity index (χ4n) is 4.23. The maximum atomic E-state index is 3.57. The molecule has 2 nitrogen and oxygen atoms in total. The summed E-state index contributed by atoms with van der Waals surface area (Å²) in [4.78, 5) is 2.26. The molecule has 0 aliphatic carbocycles. The van der Waals surface area contributed by atoms with Gasteiger partial charge in [0.25, 0.3) is 0 Å². The molecule has 164 valence electrons. The quantitative estimate of drug-likeness (QED) is 0.231. The highest BCUT2D eigenvalue weighted by atomic mass is 79.9. The molecule has 4 aromatic rings. The van der Waals surface area contributed by atoms with Crippen molar-refractivity contribution in [1.82, 2.24) is 9.47 Å². The molecule has 0 aliphatic heterocycles. The first-order valence-electron chi connectivity index (χ1n) is 11.3. The lowest BCUT2D eigenvalue weighted by Gasteiger charge is -2.17. The zero-order valence-corrected chi connectivity index (χ0v) is 20.8. The van der Waals surface area contributed by atoms with Crippen LogP contribution in [0.15, 0.2) is 89.4 Å². The lowest BCUT2D eigenvalue weighted by atomic mass is 10.0. The third-order valence-corrected chi connectivity index (χ3v) is 6.45. The summed E-state index contributed by atoms with van der Waals surface area (Å²) in [5.41, 5.74) is 8.81. The molecule has 0 amide bonds. The van der Waals surface area contributed by atoms with E-state index in [2.05, 4.69) is 131 Å². The Kier molecular flexibility index (Phi) is 7.29. The molecule has 0 N–H and O–H groups in total. The maximum absolute atomic E-state index is 3.57. The summed E-state index contributed by atoms with van der Waals surface area (Å²) in [7, 11) is 4.28. The third-order valence-electron chi connectivity index (χ3n) is 5.92. The summed E-state index contributed by atoms with van der Waals surface area (Å²) in [6, 6.07) is 30.8. The minimum absolute atomic E-state index is 1.09. The summed E-state index contributed by atoms with van der Waals surface area (Å²) in [5.74, 6) is 0. The first-order valence-corrected chi connectivity index (χ1v) is 12.1. The van der Waals surface area contributed by atoms with Crippen molar-refractivity contribution < 1.29 is 0 Å². The number of hydrogen-bond acceptors (Lipinski definition) is 1. The normalized spacial score (nSPS) is 11.3. The van der Waals surface area contributed by atoms with Gasteiger partial charge in [0.15, 0.2) is 0 Å². The molecule has 0 bridgehead atoms. The van der Waals surface area contributed by atoms with Crippen molar-refractivity contribution in [1.29, 1.82) is 0 Å². The molecule has 3 heteroatoms. The standard InChI is InChI=1S/C29H31BrN2/c1-22-9-4-5-13-27(22)32-28(24-14-16-26(30)17-15-24)18-19-29(32)25-12-8-11-23(21-25)10-6-7-20-31(2)3/h4-5,8-9,11-19,21H,6-7,10,20H2,1-3H3. The van der Waals surface area contributed by atoms with Gasteiger partial charge in [-0.05, 0) is 105 Å². The van der Waals surface area contributed by atoms with Crippen molar-refractivity contribution in [3.63, 3.8) is 0 Å². The SMILES string of the molecule is Cc1ccccc1-n1c(-c2ccc(Br)cc2)ccc1-c1cccc(CCCCN(C)C)c1. The second-order valence-electron chi connectivity index (χ2n) is 8.69. The zero-order chi connectivity index (χ0) is 22.5. The smallest absolute Gasteiger partial charge is 0.0535 e. The molecule has 0 aliphatic rings. The molecular formula is C29H31BrN2. The van der Waals surface area contributed by atoms with Crippen molar-refractivity contribution in [3.8, 4) is 28.2 Å². The van der Waals surface area contributed by atoms with E-state index < -0.39 is 0 Å². The molecule has 3 aromatic carbocycles. The van der Waals surface area contributed by atoms with Crippen LogP contribution in [-0.2, 0) is 6.42 Å². The van der Waals surface area contributed by atoms with Gasteiger partial charge < -0.3 is 9.47 Å². The summed E-state index contributed by atoms with van der Waals surface area (Å²) >= 11 is 3.57. The maximum Gasteiger partial charge on any atom is 0.0535 e. The Labute approximate surface area is 200 Å². The van der Waals surface area contributed by atoms with E-state index in [4.69, 9.17) is 0 Å². The van der Waals surface area contributed by atoms with Crippen LogP contribution in [0, 0.1) is 6.92 Å². The largest absolute Gasteiger partial charge is 0.309 e. The van der Waals surface area contributed by atoms with Crippen LogP contribution < -0.4 is 0 Å². The van der Waals surface area contributed by atoms with Crippen LogP contribution >= 0.6 is 15.9 Å². The molecular weight excluding hydrogens is 456 g/mol. The molecule has 1 heterocycles. The Balaban J connectivity index is 1.74. The number of halogens is 1. The predicted octanol–water partition coefficient (Wildman–Crippen LogP) is 7.77. The second-order valence-corrected chi connectivity index (χ2v) is 9.61. The summed E-state index contributed by atoms with van der Waals surface area (Å²) in [6.07, 6.45) is 3.56. The first kappa shape index (κ1) is 22.6. The van der Waals surface area contributed by atoms with Gasteiger partial charge in [-0.15, -0.1) is 0 Å². The van der Waals surface area contributed by atoms with E-state index in [0.29, 0.717) is 0 Å². The van der Waals surface area contributed by atoms with Crippen LogP contribution in [0.1, 0.15) is 24.0 Å². The van der Waals surface area contributed by atoms with Gasteiger partial charge in [-0.2, -0.15) is 0 Å². The number of benzene rings is 3. The summed E-state index contributed by atoms with van der Waals surface area (Å²) < 4.78 is 3.50. The van der Waals surface area contributed by atoms with Crippen LogP contribution in [0.2, 0.25) is 0 Å². The van der Waals surface area contributed by atoms with E-state index >= 15 is 0 Å². The summed E-state index contributed by atoms with van der Waals surface area (Å²) in [5, 5.41) is 0. The van der Waals surface area contributed by atoms with Gasteiger partial charge in [0.2, 0.25) is 0 Å². The number of para-hydroxylation sites is 1. The predicted molar refractivity (Wildman–Crippen MR) is 141 cm³/mol. The van der Waals surface area contributed by atoms with Crippen molar-refractivity contribution in [2.24, 2.45) is 0 Å². The average molecular weight is 487 g/mol. The number of rotatable bonds is 8. The molecule has 0 spiro atoms. The Morgan fingerprint density at radius 1 is 0.750 bits per heavy atom. The Hall–Kier alpha value is -2.62. The minimum atomic E-state index is 1.09. The lowest BCUT2D eigenvalue weighted by Crippen LogP contribution is -2.12. The third kappa shape index (κ3) is 5.23. The van der Waals surface area contributed by atoms with Gasteiger partial charge in [-0.1, -0.05) is 64.5 Å². The number of aryl methyl sites for hydroxylation is 2. The fourth-order valence-corrected chi connectivity index (χ4v) is 4.49. The Bertz CT molecular complexity index is 1170. The van der Waals surface area contributed by atoms with Crippen molar-refractivity contribution in [2.45, 2.75) is 26.2 Å². The highest BCUT2D eigenvalue weighted by molar-refractivity contribution is 9.10. The minimum Gasteiger partial charge on any atom is -0.309 e. The molecule has 0 saturated heterocycles. The average Bonchev–Trinajstić information content (AvgIpc) is 3.22. The van der Waals surface area contributed by atoms with E-state index in [-0.39, 0.29) is 0 Å². The van der Waals surface area contributed by atoms with Crippen LogP contribution in [0.5, 0.6) is 0 Å². The second kappa shape index (κ2) is 10.3. The van der Waals surface area contributed by atoms with Crippen molar-refractivity contribution in [3.05, 3.63) is 101 Å². The number of hydrogen-bond donors (Lipinski definition) is 0. The van der Waals surface area contributed by atoms with E-state index in [1.807, 2.05) is 0 Å². The lowest BCUT2D eigenvalue weighted by molar-refractivity contribution is 0.394. The monoisotopic (exact) mass is 486 g/mol.